The minimum atomic E-state index is -4.34. The summed E-state index contributed by atoms with van der Waals surface area (Å²) < 4.78 is 37.7. The van der Waals surface area contributed by atoms with Crippen molar-refractivity contribution in [2.45, 2.75) is 19.1 Å². The topological polar surface area (TPSA) is 51.8 Å². The number of benzene rings is 1. The Labute approximate surface area is 108 Å². The molecule has 1 heterocycles. The van der Waals surface area contributed by atoms with Crippen molar-refractivity contribution in [2.75, 3.05) is 0 Å². The minimum Gasteiger partial charge on any atom is -0.320 e. The van der Waals surface area contributed by atoms with Crippen LogP contribution in [-0.4, -0.2) is 9.97 Å². The van der Waals surface area contributed by atoms with Crippen LogP contribution in [0.15, 0.2) is 36.9 Å². The van der Waals surface area contributed by atoms with Crippen LogP contribution >= 0.6 is 0 Å². The van der Waals surface area contributed by atoms with Gasteiger partial charge in [0.15, 0.2) is 0 Å². The molecule has 0 spiro atoms. The van der Waals surface area contributed by atoms with Gasteiger partial charge in [-0.15, -0.1) is 0 Å². The number of nitrogens with zero attached hydrogens (tertiary/aromatic N) is 2. The van der Waals surface area contributed by atoms with E-state index in [1.165, 1.54) is 12.4 Å². The van der Waals surface area contributed by atoms with E-state index in [4.69, 9.17) is 5.73 Å². The third kappa shape index (κ3) is 2.90. The minimum absolute atomic E-state index is 0.492. The van der Waals surface area contributed by atoms with E-state index < -0.39 is 17.8 Å². The highest BCUT2D eigenvalue weighted by Crippen LogP contribution is 2.32. The highest BCUT2D eigenvalue weighted by molar-refractivity contribution is 5.38. The van der Waals surface area contributed by atoms with Crippen molar-refractivity contribution in [1.29, 1.82) is 0 Å². The molecule has 0 aliphatic rings. The Bertz CT molecular complexity index is 567. The molecule has 1 atom stereocenters. The quantitative estimate of drug-likeness (QED) is 0.910. The van der Waals surface area contributed by atoms with Crippen LogP contribution in [0.3, 0.4) is 0 Å². The lowest BCUT2D eigenvalue weighted by Crippen LogP contribution is -2.15. The summed E-state index contributed by atoms with van der Waals surface area (Å²) in [5, 5.41) is 0. The fourth-order valence-corrected chi connectivity index (χ4v) is 1.85. The molecule has 1 aromatic carbocycles. The Morgan fingerprint density at radius 3 is 2.32 bits per heavy atom. The van der Waals surface area contributed by atoms with Gasteiger partial charge in [-0.25, -0.2) is 9.97 Å². The van der Waals surface area contributed by atoms with Crippen LogP contribution in [0.25, 0.3) is 0 Å². The van der Waals surface area contributed by atoms with E-state index >= 15 is 0 Å². The lowest BCUT2D eigenvalue weighted by Gasteiger charge is -2.16. The molecule has 1 aromatic heterocycles. The van der Waals surface area contributed by atoms with Gasteiger partial charge < -0.3 is 5.73 Å². The van der Waals surface area contributed by atoms with Crippen molar-refractivity contribution >= 4 is 0 Å². The van der Waals surface area contributed by atoms with Crippen LogP contribution in [0.5, 0.6) is 0 Å². The summed E-state index contributed by atoms with van der Waals surface area (Å²) in [5.74, 6) is 0. The molecular weight excluding hydrogens is 255 g/mol. The first kappa shape index (κ1) is 13.5. The number of aryl methyl sites for hydroxylation is 1. The van der Waals surface area contributed by atoms with E-state index in [2.05, 4.69) is 9.97 Å². The van der Waals surface area contributed by atoms with E-state index in [9.17, 15) is 13.2 Å². The maximum Gasteiger partial charge on any atom is 0.416 e. The van der Waals surface area contributed by atoms with Crippen LogP contribution in [0.2, 0.25) is 0 Å². The van der Waals surface area contributed by atoms with Gasteiger partial charge in [-0.1, -0.05) is 6.07 Å². The van der Waals surface area contributed by atoms with Crippen molar-refractivity contribution < 1.29 is 13.2 Å². The number of nitrogens with two attached hydrogens (primary N) is 1. The van der Waals surface area contributed by atoms with Crippen molar-refractivity contribution in [1.82, 2.24) is 9.97 Å². The average molecular weight is 267 g/mol. The zero-order valence-corrected chi connectivity index (χ0v) is 10.1. The zero-order valence-electron chi connectivity index (χ0n) is 10.1. The maximum atomic E-state index is 12.6. The van der Waals surface area contributed by atoms with Crippen molar-refractivity contribution in [3.05, 3.63) is 59.2 Å². The van der Waals surface area contributed by atoms with Crippen LogP contribution in [0.1, 0.15) is 28.3 Å². The fourth-order valence-electron chi connectivity index (χ4n) is 1.85. The van der Waals surface area contributed by atoms with Gasteiger partial charge >= 0.3 is 6.18 Å². The molecule has 0 aliphatic carbocycles. The second-order valence-electron chi connectivity index (χ2n) is 4.22. The molecule has 2 rings (SSSR count). The Balaban J connectivity index is 2.37. The Kier molecular flexibility index (Phi) is 3.53. The average Bonchev–Trinajstić information content (AvgIpc) is 2.38. The molecule has 2 aromatic rings. The molecule has 6 heteroatoms. The van der Waals surface area contributed by atoms with Gasteiger partial charge in [-0.3, -0.25) is 0 Å². The summed E-state index contributed by atoms with van der Waals surface area (Å²) in [6.45, 7) is 1.61. The largest absolute Gasteiger partial charge is 0.416 e. The van der Waals surface area contributed by atoms with Gasteiger partial charge in [0.05, 0.1) is 11.6 Å². The molecule has 19 heavy (non-hydrogen) atoms. The number of rotatable bonds is 2. The van der Waals surface area contributed by atoms with Crippen molar-refractivity contribution in [3.63, 3.8) is 0 Å². The summed E-state index contributed by atoms with van der Waals surface area (Å²) >= 11 is 0. The molecule has 2 N–H and O–H groups in total. The van der Waals surface area contributed by atoms with Crippen LogP contribution in [0, 0.1) is 6.92 Å². The first-order chi connectivity index (χ1) is 8.89. The predicted octanol–water partition coefficient (Wildman–Crippen LogP) is 2.85. The van der Waals surface area contributed by atoms with Gasteiger partial charge in [0.25, 0.3) is 0 Å². The fraction of sp³-hybridized carbons (Fsp3) is 0.231. The standard InChI is InChI=1S/C13H12F3N3/c1-8-4-10(13(14,15)16)2-3-11(8)12(17)9-5-18-7-19-6-9/h2-7,12H,17H2,1H3. The first-order valence-electron chi connectivity index (χ1n) is 5.58. The van der Waals surface area contributed by atoms with E-state index in [-0.39, 0.29) is 0 Å². The van der Waals surface area contributed by atoms with Crippen molar-refractivity contribution in [3.8, 4) is 0 Å². The summed E-state index contributed by atoms with van der Waals surface area (Å²) in [5.41, 5.74) is 7.12. The SMILES string of the molecule is Cc1cc(C(F)(F)F)ccc1C(N)c1cncnc1. The summed E-state index contributed by atoms with van der Waals surface area (Å²) in [6.07, 6.45) is 0.128. The zero-order chi connectivity index (χ0) is 14.0. The van der Waals surface area contributed by atoms with Gasteiger partial charge in [0.2, 0.25) is 0 Å². The van der Waals surface area contributed by atoms with E-state index in [0.717, 1.165) is 12.1 Å². The highest BCUT2D eigenvalue weighted by Gasteiger charge is 2.31. The molecule has 0 aliphatic heterocycles. The third-order valence-corrected chi connectivity index (χ3v) is 2.87. The normalized spacial score (nSPS) is 13.3. The van der Waals surface area contributed by atoms with E-state index in [0.29, 0.717) is 16.7 Å². The number of alkyl halides is 3. The molecule has 0 amide bonds. The Morgan fingerprint density at radius 2 is 1.79 bits per heavy atom. The summed E-state index contributed by atoms with van der Waals surface area (Å²) in [4.78, 5) is 7.69. The van der Waals surface area contributed by atoms with Gasteiger partial charge in [0.1, 0.15) is 6.33 Å². The second kappa shape index (κ2) is 4.97. The summed E-state index contributed by atoms with van der Waals surface area (Å²) in [7, 11) is 0. The number of halogens is 3. The molecule has 0 saturated heterocycles. The smallest absolute Gasteiger partial charge is 0.320 e. The molecule has 0 fully saturated rings. The molecule has 0 saturated carbocycles. The number of hydrogen-bond acceptors (Lipinski definition) is 3. The Hall–Kier alpha value is -1.95. The summed E-state index contributed by atoms with van der Waals surface area (Å²) in [6, 6.07) is 2.99. The van der Waals surface area contributed by atoms with Crippen LogP contribution < -0.4 is 5.73 Å². The molecule has 1 unspecified atom stereocenters. The molecule has 0 radical (unpaired) electrons. The first-order valence-corrected chi connectivity index (χ1v) is 5.58. The molecule has 3 nitrogen and oxygen atoms in total. The predicted molar refractivity (Wildman–Crippen MR) is 64.2 cm³/mol. The van der Waals surface area contributed by atoms with E-state index in [1.807, 2.05) is 0 Å². The Morgan fingerprint density at radius 1 is 1.16 bits per heavy atom. The maximum absolute atomic E-state index is 12.6. The lowest BCUT2D eigenvalue weighted by molar-refractivity contribution is -0.137. The number of hydrogen-bond donors (Lipinski definition) is 1. The molecular formula is C13H12F3N3. The molecule has 100 valence electrons. The van der Waals surface area contributed by atoms with E-state index in [1.54, 1.807) is 19.3 Å². The number of aromatic nitrogens is 2. The van der Waals surface area contributed by atoms with Gasteiger partial charge in [-0.2, -0.15) is 13.2 Å². The van der Waals surface area contributed by atoms with Gasteiger partial charge in [0, 0.05) is 18.0 Å². The monoisotopic (exact) mass is 267 g/mol. The van der Waals surface area contributed by atoms with Crippen LogP contribution in [-0.2, 0) is 6.18 Å². The second-order valence-corrected chi connectivity index (χ2v) is 4.22. The molecule has 0 bridgehead atoms. The third-order valence-electron chi connectivity index (χ3n) is 2.87. The lowest BCUT2D eigenvalue weighted by atomic mass is 9.96. The van der Waals surface area contributed by atoms with Crippen LogP contribution in [0.4, 0.5) is 13.2 Å². The van der Waals surface area contributed by atoms with Gasteiger partial charge in [-0.05, 0) is 30.2 Å². The highest BCUT2D eigenvalue weighted by atomic mass is 19.4. The van der Waals surface area contributed by atoms with Crippen molar-refractivity contribution in [2.24, 2.45) is 5.73 Å².